The Kier molecular flexibility index (Phi) is 4.45. The van der Waals surface area contributed by atoms with Gasteiger partial charge in [0.05, 0.1) is 44.7 Å². The molecule has 0 saturated heterocycles. The van der Waals surface area contributed by atoms with Crippen LogP contribution < -0.4 is 5.35 Å². The Bertz CT molecular complexity index is 5140. The predicted molar refractivity (Wildman–Crippen MR) is 267 cm³/mol. The quantitative estimate of drug-likeness (QED) is 0.107. The normalized spacial score (nSPS) is 15.5. The largest absolute Gasteiger partial charge is 0.332 e. The maximum atomic E-state index is 2.82. The summed E-state index contributed by atoms with van der Waals surface area (Å²) in [6, 6.07) is 59.1. The zero-order valence-corrected chi connectivity index (χ0v) is 33.6. The fourth-order valence-corrected chi connectivity index (χ4v) is 14.2. The van der Waals surface area contributed by atoms with Crippen molar-refractivity contribution in [2.75, 3.05) is 0 Å². The molecule has 284 valence electrons. The number of rotatable bonds is 0. The van der Waals surface area contributed by atoms with Crippen LogP contribution in [0.15, 0.2) is 152 Å². The second-order valence-corrected chi connectivity index (χ2v) is 19.1. The van der Waals surface area contributed by atoms with E-state index in [1.807, 2.05) is 0 Å². The van der Waals surface area contributed by atoms with Crippen molar-refractivity contribution in [2.24, 2.45) is 0 Å². The fraction of sp³-hybridized carbons (Fsp3) is 0.0333. The van der Waals surface area contributed by atoms with Gasteiger partial charge in [-0.05, 0) is 155 Å². The molecule has 0 aliphatic carbocycles. The van der Waals surface area contributed by atoms with Crippen molar-refractivity contribution in [2.45, 2.75) is 12.5 Å². The molecule has 1 atom stereocenters. The van der Waals surface area contributed by atoms with E-state index in [-0.39, 0.29) is 6.04 Å². The molecule has 19 rings (SSSR count). The standard InChI is InChI=1S/C60H29N3/c1-4-10-31-22-37-34(19-28(31)7-1)25-40-43-13-17-47-50-38-23-32-11-5-2-9-30(32)21-36(38)27-42-45-15-18-48-51-39-24-33-12-6-3-8-29(33)20-35(39)26-41-44-14-16-46-49(37)52(40)55-58(61(43)47)56(54(42)50)60(63(45)48)57(53(41)51)59(55)62(44)46/h1-17,19-27,48H,18H2. The Hall–Kier alpha value is -8.14. The lowest BCUT2D eigenvalue weighted by molar-refractivity contribution is 0.649. The minimum absolute atomic E-state index is 0.190. The van der Waals surface area contributed by atoms with Gasteiger partial charge in [0.2, 0.25) is 0 Å². The number of hydrogen-bond donors (Lipinski definition) is 0. The van der Waals surface area contributed by atoms with E-state index in [1.165, 1.54) is 173 Å². The first kappa shape index (κ1) is 30.0. The van der Waals surface area contributed by atoms with Crippen LogP contribution >= 0.6 is 0 Å². The Morgan fingerprint density at radius 1 is 0.317 bits per heavy atom. The summed E-state index contributed by atoms with van der Waals surface area (Å²) < 4.78 is 8.22. The van der Waals surface area contributed by atoms with E-state index in [1.54, 1.807) is 0 Å². The van der Waals surface area contributed by atoms with E-state index in [2.05, 4.69) is 171 Å². The second kappa shape index (κ2) is 9.35. The summed E-state index contributed by atoms with van der Waals surface area (Å²) in [5.41, 5.74) is 10.8. The first-order valence-electron chi connectivity index (χ1n) is 22.4. The summed E-state index contributed by atoms with van der Waals surface area (Å²) in [6.07, 6.45) is 3.56. The second-order valence-electron chi connectivity index (χ2n) is 19.1. The van der Waals surface area contributed by atoms with Crippen LogP contribution in [-0.4, -0.2) is 13.4 Å². The van der Waals surface area contributed by atoms with Crippen molar-refractivity contribution in [3.8, 4) is 0 Å². The lowest BCUT2D eigenvalue weighted by Gasteiger charge is -2.33. The van der Waals surface area contributed by atoms with Crippen LogP contribution in [-0.2, 0) is 0 Å². The van der Waals surface area contributed by atoms with Gasteiger partial charge < -0.3 is 13.4 Å². The maximum Gasteiger partial charge on any atom is 0.0662 e. The smallest absolute Gasteiger partial charge is 0.0662 e. The van der Waals surface area contributed by atoms with Gasteiger partial charge >= 0.3 is 0 Å². The maximum absolute atomic E-state index is 2.82. The average Bonchev–Trinajstić information content (AvgIpc) is 4.09. The van der Waals surface area contributed by atoms with Crippen molar-refractivity contribution < 1.29 is 0 Å². The average molecular weight is 792 g/mol. The van der Waals surface area contributed by atoms with Crippen molar-refractivity contribution in [3.63, 3.8) is 0 Å². The molecule has 0 fully saturated rings. The molecule has 0 radical (unpaired) electrons. The molecule has 9 heterocycles. The van der Waals surface area contributed by atoms with Crippen LogP contribution in [0.1, 0.15) is 18.0 Å². The predicted octanol–water partition coefficient (Wildman–Crippen LogP) is 15.3. The van der Waals surface area contributed by atoms with E-state index in [9.17, 15) is 0 Å². The van der Waals surface area contributed by atoms with Gasteiger partial charge in [0.15, 0.2) is 0 Å². The van der Waals surface area contributed by atoms with Crippen LogP contribution in [0.25, 0.3) is 169 Å². The Morgan fingerprint density at radius 2 is 0.730 bits per heavy atom. The minimum atomic E-state index is 0.190. The molecule has 7 aromatic heterocycles. The number of pyridine rings is 5. The highest BCUT2D eigenvalue weighted by Gasteiger charge is 2.37. The molecule has 63 heavy (non-hydrogen) atoms. The summed E-state index contributed by atoms with van der Waals surface area (Å²) in [5.74, 6) is 0. The number of nitrogens with zero attached hydrogens (tertiary/aromatic N) is 3. The first-order valence-corrected chi connectivity index (χ1v) is 22.4. The van der Waals surface area contributed by atoms with E-state index < -0.39 is 0 Å². The van der Waals surface area contributed by atoms with E-state index >= 15 is 0 Å². The summed E-state index contributed by atoms with van der Waals surface area (Å²) in [7, 11) is 0. The third-order valence-electron chi connectivity index (χ3n) is 16.5. The highest BCUT2D eigenvalue weighted by molar-refractivity contribution is 6.48. The third-order valence-corrected chi connectivity index (χ3v) is 16.5. The van der Waals surface area contributed by atoms with E-state index in [0.717, 1.165) is 6.42 Å². The zero-order chi connectivity index (χ0) is 39.9. The van der Waals surface area contributed by atoms with Gasteiger partial charge in [-0.25, -0.2) is 0 Å². The van der Waals surface area contributed by atoms with Gasteiger partial charge in [0, 0.05) is 64.6 Å². The molecule has 1 unspecified atom stereocenters. The zero-order valence-electron chi connectivity index (χ0n) is 33.6. The van der Waals surface area contributed by atoms with Crippen LogP contribution in [0.5, 0.6) is 0 Å². The monoisotopic (exact) mass is 791 g/mol. The Balaban J connectivity index is 1.21. The molecule has 10 aromatic carbocycles. The van der Waals surface area contributed by atoms with Crippen molar-refractivity contribution in [1.29, 1.82) is 0 Å². The molecule has 2 aliphatic heterocycles. The highest BCUT2D eigenvalue weighted by Crippen LogP contribution is 2.58. The van der Waals surface area contributed by atoms with E-state index in [4.69, 9.17) is 0 Å². The summed E-state index contributed by atoms with van der Waals surface area (Å²) in [6.45, 7) is 0. The van der Waals surface area contributed by atoms with Gasteiger partial charge in [0.1, 0.15) is 0 Å². The van der Waals surface area contributed by atoms with Gasteiger partial charge in [0.25, 0.3) is 0 Å². The van der Waals surface area contributed by atoms with Gasteiger partial charge in [-0.3, -0.25) is 0 Å². The SMILES string of the molecule is C1=c2c3cc4cc5ccccc5cc4c4c3c3c5c6c7c(c8cc9ccccc9cc8cc7c7ccc8c9c%10cc%11ccccc%11cc%10cc%10c9c(c6n78)c3n3c%10ccc43)C(C1)n25. The van der Waals surface area contributed by atoms with Crippen molar-refractivity contribution >= 4 is 169 Å². The summed E-state index contributed by atoms with van der Waals surface area (Å²) in [4.78, 5) is 0. The fourth-order valence-electron chi connectivity index (χ4n) is 14.2. The lowest BCUT2D eigenvalue weighted by atomic mass is 9.82. The topological polar surface area (TPSA) is 13.8 Å². The molecular formula is C60H29N3. The van der Waals surface area contributed by atoms with Gasteiger partial charge in [-0.15, -0.1) is 0 Å². The van der Waals surface area contributed by atoms with Crippen molar-refractivity contribution in [3.05, 3.63) is 163 Å². The van der Waals surface area contributed by atoms with Gasteiger partial charge in [-0.1, -0.05) is 78.9 Å². The van der Waals surface area contributed by atoms with Crippen LogP contribution in [0.4, 0.5) is 0 Å². The minimum Gasteiger partial charge on any atom is -0.332 e. The van der Waals surface area contributed by atoms with Crippen LogP contribution in [0.3, 0.4) is 0 Å². The number of aromatic nitrogens is 3. The van der Waals surface area contributed by atoms with Crippen molar-refractivity contribution in [1.82, 2.24) is 13.4 Å². The Morgan fingerprint density at radius 3 is 1.30 bits per heavy atom. The lowest BCUT2D eigenvalue weighted by Crippen LogP contribution is -2.25. The highest BCUT2D eigenvalue weighted by atomic mass is 15.0. The van der Waals surface area contributed by atoms with E-state index in [0.29, 0.717) is 0 Å². The summed E-state index contributed by atoms with van der Waals surface area (Å²) >= 11 is 0. The molecule has 2 aliphatic rings. The molecule has 0 bridgehead atoms. The molecule has 17 aromatic rings. The molecule has 3 heteroatoms. The molecule has 0 saturated carbocycles. The molecule has 0 N–H and O–H groups in total. The van der Waals surface area contributed by atoms with Crippen LogP contribution in [0.2, 0.25) is 0 Å². The number of fused-ring (bicyclic) bond motifs is 15. The van der Waals surface area contributed by atoms with Gasteiger partial charge in [-0.2, -0.15) is 0 Å². The van der Waals surface area contributed by atoms with Crippen LogP contribution in [0, 0.1) is 0 Å². The summed E-state index contributed by atoms with van der Waals surface area (Å²) in [5, 5.41) is 32.4. The molecular weight excluding hydrogens is 763 g/mol. The first-order chi connectivity index (χ1) is 31.2. The molecule has 0 amide bonds. The molecule has 3 nitrogen and oxygen atoms in total. The third kappa shape index (κ3) is 3.00. The Labute approximate surface area is 355 Å². The number of hydrogen-bond acceptors (Lipinski definition) is 0. The molecule has 0 spiro atoms. The number of benzene rings is 10.